The van der Waals surface area contributed by atoms with Crippen molar-refractivity contribution in [2.24, 2.45) is 0 Å². The molecule has 3 aromatic heterocycles. The Morgan fingerprint density at radius 2 is 2.07 bits per heavy atom. The first kappa shape index (κ1) is 19.4. The van der Waals surface area contributed by atoms with Crippen molar-refractivity contribution in [2.75, 3.05) is 5.32 Å². The van der Waals surface area contributed by atoms with E-state index in [1.165, 1.54) is 19.3 Å². The Kier molecular flexibility index (Phi) is 5.25. The van der Waals surface area contributed by atoms with Gasteiger partial charge in [-0.05, 0) is 58.1 Å². The molecule has 3 heterocycles. The topological polar surface area (TPSA) is 97.7 Å². The number of nitrogens with zero attached hydrogens (tertiary/aromatic N) is 4. The Morgan fingerprint density at radius 3 is 2.83 bits per heavy atom. The van der Waals surface area contributed by atoms with Gasteiger partial charge in [0.15, 0.2) is 5.65 Å². The number of ether oxygens (including phenoxy) is 1. The van der Waals surface area contributed by atoms with Crippen LogP contribution >= 0.6 is 0 Å². The standard InChI is InChI=1S/C21H28N6O2/c1-21(2,3)27-18-16(13-24-27)19(28)26-20(25-18)23-12-14-9-10-22-17(11-14)29-15-7-5-4-6-8-15/h9-11,13,15H,4-8,12H2,1-3H3,(H2,23,25,26,28). The third-order valence-electron chi connectivity index (χ3n) is 5.17. The third kappa shape index (κ3) is 4.41. The van der Waals surface area contributed by atoms with Crippen LogP contribution in [0.3, 0.4) is 0 Å². The summed E-state index contributed by atoms with van der Waals surface area (Å²) in [4.78, 5) is 24.1. The van der Waals surface area contributed by atoms with Crippen LogP contribution < -0.4 is 15.6 Å². The number of aromatic nitrogens is 5. The highest BCUT2D eigenvalue weighted by molar-refractivity contribution is 5.74. The largest absolute Gasteiger partial charge is 0.474 e. The summed E-state index contributed by atoms with van der Waals surface area (Å²) in [6, 6.07) is 3.87. The number of pyridine rings is 1. The van der Waals surface area contributed by atoms with Gasteiger partial charge in [-0.1, -0.05) is 6.42 Å². The number of aromatic amines is 1. The lowest BCUT2D eigenvalue weighted by molar-refractivity contribution is 0.148. The average Bonchev–Trinajstić information content (AvgIpc) is 3.13. The fourth-order valence-corrected chi connectivity index (χ4v) is 3.66. The highest BCUT2D eigenvalue weighted by atomic mass is 16.5. The van der Waals surface area contributed by atoms with Gasteiger partial charge in [-0.15, -0.1) is 0 Å². The summed E-state index contributed by atoms with van der Waals surface area (Å²) in [7, 11) is 0. The van der Waals surface area contributed by atoms with Gasteiger partial charge in [-0.3, -0.25) is 9.78 Å². The van der Waals surface area contributed by atoms with Crippen LogP contribution in [0.4, 0.5) is 5.95 Å². The summed E-state index contributed by atoms with van der Waals surface area (Å²) in [5, 5.41) is 8.02. The Hall–Kier alpha value is -2.90. The zero-order valence-electron chi connectivity index (χ0n) is 17.2. The minimum atomic E-state index is -0.268. The lowest BCUT2D eigenvalue weighted by Crippen LogP contribution is -2.24. The van der Waals surface area contributed by atoms with Gasteiger partial charge in [-0.25, -0.2) is 9.67 Å². The lowest BCUT2D eigenvalue weighted by atomic mass is 9.98. The first-order valence-electron chi connectivity index (χ1n) is 10.2. The van der Waals surface area contributed by atoms with Crippen LogP contribution in [0.5, 0.6) is 5.88 Å². The Bertz CT molecular complexity index is 1040. The molecule has 0 amide bonds. The molecule has 0 unspecified atom stereocenters. The summed E-state index contributed by atoms with van der Waals surface area (Å²) >= 11 is 0. The van der Waals surface area contributed by atoms with Crippen molar-refractivity contribution in [1.82, 2.24) is 24.7 Å². The van der Waals surface area contributed by atoms with Crippen LogP contribution in [0.15, 0.2) is 29.3 Å². The van der Waals surface area contributed by atoms with Gasteiger partial charge in [0, 0.05) is 18.8 Å². The monoisotopic (exact) mass is 396 g/mol. The molecule has 0 radical (unpaired) electrons. The van der Waals surface area contributed by atoms with Crippen molar-refractivity contribution in [3.05, 3.63) is 40.4 Å². The molecule has 0 aromatic carbocycles. The molecule has 0 bridgehead atoms. The number of H-pyrrole nitrogens is 1. The van der Waals surface area contributed by atoms with Crippen LogP contribution in [0.1, 0.15) is 58.4 Å². The van der Waals surface area contributed by atoms with Gasteiger partial charge in [0.25, 0.3) is 5.56 Å². The molecule has 1 aliphatic rings. The van der Waals surface area contributed by atoms with E-state index in [-0.39, 0.29) is 17.2 Å². The van der Waals surface area contributed by atoms with Crippen LogP contribution in [-0.2, 0) is 12.1 Å². The molecule has 154 valence electrons. The number of hydrogen-bond donors (Lipinski definition) is 2. The van der Waals surface area contributed by atoms with E-state index in [0.717, 1.165) is 18.4 Å². The molecule has 2 N–H and O–H groups in total. The Balaban J connectivity index is 1.49. The molecule has 1 fully saturated rings. The molecule has 0 aliphatic heterocycles. The van der Waals surface area contributed by atoms with E-state index in [2.05, 4.69) is 25.4 Å². The maximum atomic E-state index is 12.4. The fraction of sp³-hybridized carbons (Fsp3) is 0.524. The number of hydrogen-bond acceptors (Lipinski definition) is 6. The maximum Gasteiger partial charge on any atom is 0.263 e. The number of anilines is 1. The molecule has 0 spiro atoms. The normalized spacial score (nSPS) is 15.6. The highest BCUT2D eigenvalue weighted by Crippen LogP contribution is 2.23. The molecule has 1 saturated carbocycles. The minimum Gasteiger partial charge on any atom is -0.474 e. The van der Waals surface area contributed by atoms with Crippen molar-refractivity contribution in [2.45, 2.75) is 71.1 Å². The van der Waals surface area contributed by atoms with Gasteiger partial charge in [0.2, 0.25) is 11.8 Å². The van der Waals surface area contributed by atoms with Crippen LogP contribution in [0.25, 0.3) is 11.0 Å². The van der Waals surface area contributed by atoms with Gasteiger partial charge >= 0.3 is 0 Å². The number of nitrogens with one attached hydrogen (secondary N) is 2. The van der Waals surface area contributed by atoms with Crippen LogP contribution in [0.2, 0.25) is 0 Å². The number of rotatable bonds is 5. The number of fused-ring (bicyclic) bond motifs is 1. The maximum absolute atomic E-state index is 12.4. The zero-order valence-corrected chi connectivity index (χ0v) is 17.2. The van der Waals surface area contributed by atoms with Crippen LogP contribution in [0, 0.1) is 0 Å². The van der Waals surface area contributed by atoms with Crippen molar-refractivity contribution >= 4 is 17.0 Å². The fourth-order valence-electron chi connectivity index (χ4n) is 3.66. The van der Waals surface area contributed by atoms with Crippen molar-refractivity contribution in [3.63, 3.8) is 0 Å². The first-order chi connectivity index (χ1) is 13.9. The zero-order chi connectivity index (χ0) is 20.4. The summed E-state index contributed by atoms with van der Waals surface area (Å²) in [5.74, 6) is 1.07. The lowest BCUT2D eigenvalue weighted by Gasteiger charge is -2.22. The second-order valence-electron chi connectivity index (χ2n) is 8.61. The van der Waals surface area contributed by atoms with E-state index in [1.54, 1.807) is 17.1 Å². The summed E-state index contributed by atoms with van der Waals surface area (Å²) < 4.78 is 7.81. The predicted molar refractivity (Wildman–Crippen MR) is 112 cm³/mol. The van der Waals surface area contributed by atoms with E-state index in [9.17, 15) is 4.79 Å². The van der Waals surface area contributed by atoms with Crippen molar-refractivity contribution < 1.29 is 4.74 Å². The predicted octanol–water partition coefficient (Wildman–Crippen LogP) is 3.59. The molecule has 0 saturated heterocycles. The van der Waals surface area contributed by atoms with E-state index in [0.29, 0.717) is 29.4 Å². The molecule has 4 rings (SSSR count). The third-order valence-corrected chi connectivity index (χ3v) is 5.17. The van der Waals surface area contributed by atoms with Gasteiger partial charge in [0.05, 0.1) is 11.7 Å². The molecule has 8 nitrogen and oxygen atoms in total. The van der Waals surface area contributed by atoms with Crippen molar-refractivity contribution in [3.8, 4) is 5.88 Å². The Labute approximate surface area is 169 Å². The second kappa shape index (κ2) is 7.85. The van der Waals surface area contributed by atoms with Gasteiger partial charge in [-0.2, -0.15) is 10.1 Å². The van der Waals surface area contributed by atoms with Gasteiger partial charge < -0.3 is 10.1 Å². The van der Waals surface area contributed by atoms with Gasteiger partial charge in [0.1, 0.15) is 11.5 Å². The Morgan fingerprint density at radius 1 is 1.28 bits per heavy atom. The van der Waals surface area contributed by atoms with E-state index in [1.807, 2.05) is 32.9 Å². The molecular weight excluding hydrogens is 368 g/mol. The summed E-state index contributed by atoms with van der Waals surface area (Å²) in [6.07, 6.45) is 9.50. The molecule has 0 atom stereocenters. The summed E-state index contributed by atoms with van der Waals surface area (Å²) in [5.41, 5.74) is 1.11. The van der Waals surface area contributed by atoms with Crippen LogP contribution in [-0.4, -0.2) is 30.8 Å². The minimum absolute atomic E-state index is 0.205. The molecule has 29 heavy (non-hydrogen) atoms. The smallest absolute Gasteiger partial charge is 0.263 e. The highest BCUT2D eigenvalue weighted by Gasteiger charge is 2.20. The van der Waals surface area contributed by atoms with E-state index in [4.69, 9.17) is 4.74 Å². The molecule has 8 heteroatoms. The van der Waals surface area contributed by atoms with E-state index < -0.39 is 0 Å². The molecule has 1 aliphatic carbocycles. The van der Waals surface area contributed by atoms with Crippen molar-refractivity contribution in [1.29, 1.82) is 0 Å². The summed E-state index contributed by atoms with van der Waals surface area (Å²) in [6.45, 7) is 6.59. The average molecular weight is 396 g/mol. The first-order valence-corrected chi connectivity index (χ1v) is 10.2. The quantitative estimate of drug-likeness (QED) is 0.684. The second-order valence-corrected chi connectivity index (χ2v) is 8.61. The molecular formula is C21H28N6O2. The van der Waals surface area contributed by atoms with E-state index >= 15 is 0 Å². The molecule has 3 aromatic rings. The SMILES string of the molecule is CC(C)(C)n1ncc2c(=O)[nH]c(NCc3ccnc(OC4CCCCC4)c3)nc21.